The Morgan fingerprint density at radius 1 is 0.304 bits per heavy atom. The van der Waals surface area contributed by atoms with Gasteiger partial charge < -0.3 is 33.8 Å². The summed E-state index contributed by atoms with van der Waals surface area (Å²) in [6.45, 7) is 4.67. The third-order valence-electron chi connectivity index (χ3n) is 15.1. The van der Waals surface area contributed by atoms with Crippen molar-refractivity contribution in [3.8, 4) is 0 Å². The Bertz CT molecular complexity index is 2040. The highest BCUT2D eigenvalue weighted by molar-refractivity contribution is 7.47. The zero-order valence-corrected chi connectivity index (χ0v) is 59.8. The van der Waals surface area contributed by atoms with Gasteiger partial charge in [0.2, 0.25) is 0 Å². The lowest BCUT2D eigenvalue weighted by atomic mass is 10.1. The number of hydrogen-bond donors (Lipinski definition) is 3. The standard InChI is InChI=1S/C73H130O17P2/c1-5-9-13-17-21-25-29-32-33-36-39-42-46-50-54-58-71(76)84-63-68(89-72(77)59-55-51-47-43-37-28-24-20-16-12-8-4)65-87-91(79,80)85-61-67(74)62-86-92(81,82)88-66-69(90-73(78)60-56-52-48-44-40-35-31-27-23-19-15-11-7-3)64-83-70(75)57-53-49-45-41-38-34-30-26-22-18-14-10-6-2/h14-15,18-19,21,25-27,30-33,67-69,74H,5-13,16-17,20,22-24,28-29,34-66H2,1-4H3,(H,79,80)(H,81,82)/b18-14-,19-15-,25-21-,30-26-,31-27-,33-32-. The molecule has 19 heteroatoms. The average Bonchev–Trinajstić information content (AvgIpc) is 3.33. The van der Waals surface area contributed by atoms with Gasteiger partial charge in [-0.05, 0) is 109 Å². The van der Waals surface area contributed by atoms with Crippen LogP contribution in [0.15, 0.2) is 72.9 Å². The maximum atomic E-state index is 13.0. The molecule has 0 aliphatic rings. The number of carbonyl (C=O) groups is 4. The minimum Gasteiger partial charge on any atom is -0.462 e. The Balaban J connectivity index is 5.32. The molecule has 5 unspecified atom stereocenters. The van der Waals surface area contributed by atoms with E-state index in [1.54, 1.807) is 0 Å². The number of aliphatic hydroxyl groups is 1. The molecule has 0 rings (SSSR count). The summed E-state index contributed by atoms with van der Waals surface area (Å²) in [5.41, 5.74) is 0. The largest absolute Gasteiger partial charge is 0.472 e. The lowest BCUT2D eigenvalue weighted by Gasteiger charge is -2.21. The SMILES string of the molecule is CCC/C=C\C/C=C\CCCCCCCC(=O)OCC(COP(=O)(O)OCC(O)COP(=O)(O)OCC(COC(=O)CCCCCCC/C=C\C/C=C\CCCCC)OC(=O)CCCCCCCCCCCCC)OC(=O)CCCCCCC/C=C\C/C=C\CCC. The van der Waals surface area contributed by atoms with Gasteiger partial charge in [-0.2, -0.15) is 0 Å². The summed E-state index contributed by atoms with van der Waals surface area (Å²) < 4.78 is 68.2. The van der Waals surface area contributed by atoms with E-state index >= 15 is 0 Å². The van der Waals surface area contributed by atoms with E-state index in [2.05, 4.69) is 101 Å². The highest BCUT2D eigenvalue weighted by atomic mass is 31.2. The number of phosphoric acid groups is 2. The van der Waals surface area contributed by atoms with Crippen molar-refractivity contribution >= 4 is 39.5 Å². The van der Waals surface area contributed by atoms with Gasteiger partial charge in [-0.15, -0.1) is 0 Å². The van der Waals surface area contributed by atoms with Gasteiger partial charge in [-0.1, -0.05) is 248 Å². The van der Waals surface area contributed by atoms with Crippen molar-refractivity contribution in [3.63, 3.8) is 0 Å². The van der Waals surface area contributed by atoms with Crippen LogP contribution >= 0.6 is 15.6 Å². The Morgan fingerprint density at radius 2 is 0.554 bits per heavy atom. The Kier molecular flexibility index (Phi) is 63.6. The highest BCUT2D eigenvalue weighted by Gasteiger charge is 2.30. The first-order valence-corrected chi connectivity index (χ1v) is 39.2. The van der Waals surface area contributed by atoms with Gasteiger partial charge in [-0.3, -0.25) is 37.3 Å². The van der Waals surface area contributed by atoms with Crippen molar-refractivity contribution in [2.45, 2.75) is 329 Å². The molecule has 92 heavy (non-hydrogen) atoms. The molecular weight excluding hydrogens is 1210 g/mol. The Morgan fingerprint density at radius 3 is 0.870 bits per heavy atom. The molecule has 0 saturated heterocycles. The van der Waals surface area contributed by atoms with Crippen LogP contribution in [0.25, 0.3) is 0 Å². The smallest absolute Gasteiger partial charge is 0.462 e. The predicted molar refractivity (Wildman–Crippen MR) is 372 cm³/mol. The number of unbranched alkanes of at least 4 members (excludes halogenated alkanes) is 30. The minimum atomic E-state index is -4.97. The number of phosphoric ester groups is 2. The van der Waals surface area contributed by atoms with E-state index in [9.17, 15) is 43.2 Å². The number of aliphatic hydroxyl groups excluding tert-OH is 1. The van der Waals surface area contributed by atoms with Gasteiger partial charge >= 0.3 is 39.5 Å². The zero-order chi connectivity index (χ0) is 67.5. The number of ether oxygens (including phenoxy) is 4. The van der Waals surface area contributed by atoms with Crippen LogP contribution in [0.1, 0.15) is 310 Å². The maximum Gasteiger partial charge on any atom is 0.472 e. The fraction of sp³-hybridized carbons (Fsp3) is 0.781. The van der Waals surface area contributed by atoms with Crippen LogP contribution in [0, 0.1) is 0 Å². The van der Waals surface area contributed by atoms with Crippen molar-refractivity contribution in [2.75, 3.05) is 39.6 Å². The van der Waals surface area contributed by atoms with E-state index in [0.29, 0.717) is 25.7 Å². The van der Waals surface area contributed by atoms with Crippen LogP contribution in [0.5, 0.6) is 0 Å². The van der Waals surface area contributed by atoms with E-state index in [-0.39, 0.29) is 25.7 Å². The van der Waals surface area contributed by atoms with Crippen molar-refractivity contribution in [3.05, 3.63) is 72.9 Å². The molecule has 0 saturated carbocycles. The summed E-state index contributed by atoms with van der Waals surface area (Å²) >= 11 is 0. The quantitative estimate of drug-likeness (QED) is 0.0169. The minimum absolute atomic E-state index is 0.0775. The molecule has 0 aliphatic heterocycles. The molecular formula is C73H130O17P2. The average molecular weight is 1340 g/mol. The lowest BCUT2D eigenvalue weighted by molar-refractivity contribution is -0.161. The van der Waals surface area contributed by atoms with E-state index in [1.807, 2.05) is 0 Å². The summed E-state index contributed by atoms with van der Waals surface area (Å²) in [4.78, 5) is 72.6. The van der Waals surface area contributed by atoms with E-state index in [1.165, 1.54) is 57.8 Å². The highest BCUT2D eigenvalue weighted by Crippen LogP contribution is 2.45. The van der Waals surface area contributed by atoms with Crippen LogP contribution in [0.3, 0.4) is 0 Å². The molecule has 0 radical (unpaired) electrons. The molecule has 534 valence electrons. The van der Waals surface area contributed by atoms with Crippen LogP contribution in [0.2, 0.25) is 0 Å². The molecule has 0 aromatic rings. The third-order valence-corrected chi connectivity index (χ3v) is 17.0. The van der Waals surface area contributed by atoms with E-state index < -0.39 is 97.5 Å². The summed E-state index contributed by atoms with van der Waals surface area (Å²) in [5.74, 6) is -2.20. The topological polar surface area (TPSA) is 237 Å². The fourth-order valence-electron chi connectivity index (χ4n) is 9.56. The molecule has 5 atom stereocenters. The molecule has 0 aromatic heterocycles. The number of carbonyl (C=O) groups excluding carboxylic acids is 4. The predicted octanol–water partition coefficient (Wildman–Crippen LogP) is 20.1. The normalized spacial score (nSPS) is 14.5. The number of esters is 4. The Hall–Kier alpha value is -3.50. The summed E-state index contributed by atoms with van der Waals surface area (Å²) in [5, 5.41) is 10.6. The fourth-order valence-corrected chi connectivity index (χ4v) is 11.1. The van der Waals surface area contributed by atoms with Gasteiger partial charge in [0.25, 0.3) is 0 Å². The van der Waals surface area contributed by atoms with Gasteiger partial charge in [-0.25, -0.2) is 9.13 Å². The molecule has 17 nitrogen and oxygen atoms in total. The van der Waals surface area contributed by atoms with Gasteiger partial charge in [0.05, 0.1) is 26.4 Å². The second kappa shape index (κ2) is 66.1. The summed E-state index contributed by atoms with van der Waals surface area (Å²) in [6.07, 6.45) is 63.3. The van der Waals surface area contributed by atoms with Crippen molar-refractivity contribution in [1.29, 1.82) is 0 Å². The molecule has 0 bridgehead atoms. The van der Waals surface area contributed by atoms with Gasteiger partial charge in [0.1, 0.15) is 19.3 Å². The summed E-state index contributed by atoms with van der Waals surface area (Å²) in [7, 11) is -9.94. The van der Waals surface area contributed by atoms with Gasteiger partial charge in [0.15, 0.2) is 12.2 Å². The molecule has 0 amide bonds. The Labute approximate surface area is 558 Å². The summed E-state index contributed by atoms with van der Waals surface area (Å²) in [6, 6.07) is 0. The van der Waals surface area contributed by atoms with Crippen LogP contribution in [-0.4, -0.2) is 96.7 Å². The molecule has 0 fully saturated rings. The van der Waals surface area contributed by atoms with Crippen LogP contribution in [-0.2, 0) is 65.4 Å². The number of hydrogen-bond acceptors (Lipinski definition) is 15. The number of rotatable bonds is 68. The monoisotopic (exact) mass is 1340 g/mol. The molecule has 0 spiro atoms. The van der Waals surface area contributed by atoms with E-state index in [4.69, 9.17) is 37.0 Å². The molecule has 0 heterocycles. The second-order valence-corrected chi connectivity index (χ2v) is 27.1. The third kappa shape index (κ3) is 65.2. The van der Waals surface area contributed by atoms with Crippen molar-refractivity contribution in [2.24, 2.45) is 0 Å². The van der Waals surface area contributed by atoms with Crippen LogP contribution < -0.4 is 0 Å². The number of allylic oxidation sites excluding steroid dienone is 12. The molecule has 3 N–H and O–H groups in total. The van der Waals surface area contributed by atoms with Crippen molar-refractivity contribution < 1.29 is 80.2 Å². The second-order valence-electron chi connectivity index (χ2n) is 24.2. The molecule has 0 aromatic carbocycles. The first kappa shape index (κ1) is 88.5. The van der Waals surface area contributed by atoms with Crippen LogP contribution in [0.4, 0.5) is 0 Å². The van der Waals surface area contributed by atoms with Gasteiger partial charge in [0, 0.05) is 25.7 Å². The van der Waals surface area contributed by atoms with E-state index in [0.717, 1.165) is 173 Å². The first-order chi connectivity index (χ1) is 44.7. The van der Waals surface area contributed by atoms with Crippen molar-refractivity contribution in [1.82, 2.24) is 0 Å². The maximum absolute atomic E-state index is 13.0. The zero-order valence-electron chi connectivity index (χ0n) is 58.0. The lowest BCUT2D eigenvalue weighted by Crippen LogP contribution is -2.30. The first-order valence-electron chi connectivity index (χ1n) is 36.2. The molecule has 0 aliphatic carbocycles.